The summed E-state index contributed by atoms with van der Waals surface area (Å²) in [5.41, 5.74) is 2.81. The summed E-state index contributed by atoms with van der Waals surface area (Å²) in [5, 5.41) is 3.56. The zero-order valence-electron chi connectivity index (χ0n) is 13.1. The molecule has 1 nitrogen and oxygen atoms in total. The molecule has 1 atom stereocenters. The SMILES string of the molecule is CCC(C)CSc1ccc(C)cc1CNCC(C)C. The summed E-state index contributed by atoms with van der Waals surface area (Å²) in [7, 11) is 0. The third kappa shape index (κ3) is 6.49. The largest absolute Gasteiger partial charge is 0.312 e. The van der Waals surface area contributed by atoms with Crippen molar-refractivity contribution in [1.29, 1.82) is 0 Å². The zero-order chi connectivity index (χ0) is 14.3. The fourth-order valence-corrected chi connectivity index (χ4v) is 3.01. The number of hydrogen-bond acceptors (Lipinski definition) is 2. The highest BCUT2D eigenvalue weighted by Crippen LogP contribution is 2.26. The maximum atomic E-state index is 3.56. The van der Waals surface area contributed by atoms with E-state index in [4.69, 9.17) is 0 Å². The van der Waals surface area contributed by atoms with Gasteiger partial charge in [0, 0.05) is 17.2 Å². The van der Waals surface area contributed by atoms with Crippen molar-refractivity contribution in [2.45, 2.75) is 52.5 Å². The Labute approximate surface area is 123 Å². The summed E-state index contributed by atoms with van der Waals surface area (Å²) in [6.07, 6.45) is 1.26. The van der Waals surface area contributed by atoms with Gasteiger partial charge < -0.3 is 5.32 Å². The van der Waals surface area contributed by atoms with Crippen LogP contribution in [0.5, 0.6) is 0 Å². The Kier molecular flexibility index (Phi) is 7.55. The van der Waals surface area contributed by atoms with Crippen molar-refractivity contribution >= 4 is 11.8 Å². The van der Waals surface area contributed by atoms with Crippen LogP contribution in [0, 0.1) is 18.8 Å². The fraction of sp³-hybridized carbons (Fsp3) is 0.647. The maximum absolute atomic E-state index is 3.56. The number of rotatable bonds is 8. The molecule has 19 heavy (non-hydrogen) atoms. The summed E-state index contributed by atoms with van der Waals surface area (Å²) >= 11 is 2.01. The molecule has 1 N–H and O–H groups in total. The van der Waals surface area contributed by atoms with Crippen LogP contribution >= 0.6 is 11.8 Å². The Balaban J connectivity index is 2.63. The standard InChI is InChI=1S/C17H29NS/c1-6-14(4)12-19-17-8-7-15(5)9-16(17)11-18-10-13(2)3/h7-9,13-14,18H,6,10-12H2,1-5H3. The van der Waals surface area contributed by atoms with Crippen LogP contribution in [-0.4, -0.2) is 12.3 Å². The van der Waals surface area contributed by atoms with Crippen molar-refractivity contribution in [1.82, 2.24) is 5.32 Å². The highest BCUT2D eigenvalue weighted by molar-refractivity contribution is 7.99. The van der Waals surface area contributed by atoms with Gasteiger partial charge in [0.05, 0.1) is 0 Å². The molecule has 0 aromatic heterocycles. The Bertz CT molecular complexity index is 374. The van der Waals surface area contributed by atoms with Crippen LogP contribution in [0.25, 0.3) is 0 Å². The molecule has 1 aromatic rings. The van der Waals surface area contributed by atoms with Crippen LogP contribution in [-0.2, 0) is 6.54 Å². The first-order valence-electron chi connectivity index (χ1n) is 7.46. The minimum absolute atomic E-state index is 0.709. The number of thioether (sulfide) groups is 1. The second-order valence-electron chi connectivity index (χ2n) is 5.96. The molecule has 0 amide bonds. The van der Waals surface area contributed by atoms with Gasteiger partial charge in [-0.2, -0.15) is 0 Å². The Hall–Kier alpha value is -0.470. The molecule has 0 bridgehead atoms. The predicted molar refractivity (Wildman–Crippen MR) is 87.9 cm³/mol. The smallest absolute Gasteiger partial charge is 0.0216 e. The van der Waals surface area contributed by atoms with Gasteiger partial charge in [-0.15, -0.1) is 11.8 Å². The zero-order valence-corrected chi connectivity index (χ0v) is 13.9. The minimum atomic E-state index is 0.709. The van der Waals surface area contributed by atoms with E-state index in [1.165, 1.54) is 28.2 Å². The first-order valence-corrected chi connectivity index (χ1v) is 8.44. The summed E-state index contributed by atoms with van der Waals surface area (Å²) < 4.78 is 0. The fourth-order valence-electron chi connectivity index (χ4n) is 1.83. The van der Waals surface area contributed by atoms with Crippen LogP contribution < -0.4 is 5.32 Å². The van der Waals surface area contributed by atoms with Gasteiger partial charge in [-0.3, -0.25) is 0 Å². The monoisotopic (exact) mass is 279 g/mol. The van der Waals surface area contributed by atoms with Gasteiger partial charge in [-0.25, -0.2) is 0 Å². The highest BCUT2D eigenvalue weighted by atomic mass is 32.2. The topological polar surface area (TPSA) is 12.0 Å². The first-order chi connectivity index (χ1) is 9.02. The first kappa shape index (κ1) is 16.6. The summed E-state index contributed by atoms with van der Waals surface area (Å²) in [5.74, 6) is 2.72. The molecule has 108 valence electrons. The molecule has 1 rings (SSSR count). The average Bonchev–Trinajstić information content (AvgIpc) is 2.37. The summed E-state index contributed by atoms with van der Waals surface area (Å²) in [6.45, 7) is 13.4. The van der Waals surface area contributed by atoms with Crippen LogP contribution in [0.15, 0.2) is 23.1 Å². The highest BCUT2D eigenvalue weighted by Gasteiger charge is 2.06. The lowest BCUT2D eigenvalue weighted by molar-refractivity contribution is 0.550. The second-order valence-corrected chi connectivity index (χ2v) is 7.02. The number of nitrogens with one attached hydrogen (secondary N) is 1. The molecular weight excluding hydrogens is 250 g/mol. The van der Waals surface area contributed by atoms with Crippen LogP contribution in [0.1, 0.15) is 45.2 Å². The molecule has 2 heteroatoms. The molecule has 0 aliphatic heterocycles. The molecule has 1 aromatic carbocycles. The third-order valence-electron chi connectivity index (χ3n) is 3.30. The van der Waals surface area contributed by atoms with E-state index in [9.17, 15) is 0 Å². The minimum Gasteiger partial charge on any atom is -0.312 e. The van der Waals surface area contributed by atoms with Crippen molar-refractivity contribution in [3.63, 3.8) is 0 Å². The Morgan fingerprint density at radius 1 is 1.21 bits per heavy atom. The molecule has 1 unspecified atom stereocenters. The van der Waals surface area contributed by atoms with E-state index in [-0.39, 0.29) is 0 Å². The van der Waals surface area contributed by atoms with E-state index in [0.717, 1.165) is 19.0 Å². The molecule has 0 saturated heterocycles. The van der Waals surface area contributed by atoms with Gasteiger partial charge in [0.25, 0.3) is 0 Å². The van der Waals surface area contributed by atoms with Crippen LogP contribution in [0.2, 0.25) is 0 Å². The van der Waals surface area contributed by atoms with Gasteiger partial charge in [-0.05, 0) is 36.9 Å². The van der Waals surface area contributed by atoms with Crippen LogP contribution in [0.3, 0.4) is 0 Å². The molecule has 0 aliphatic carbocycles. The van der Waals surface area contributed by atoms with E-state index in [2.05, 4.69) is 58.1 Å². The van der Waals surface area contributed by atoms with Gasteiger partial charge in [0.1, 0.15) is 0 Å². The molecule has 0 fully saturated rings. The maximum Gasteiger partial charge on any atom is 0.0216 e. The van der Waals surface area contributed by atoms with Crippen LogP contribution in [0.4, 0.5) is 0 Å². The van der Waals surface area contributed by atoms with Gasteiger partial charge in [-0.1, -0.05) is 51.8 Å². The van der Waals surface area contributed by atoms with Crippen molar-refractivity contribution in [3.8, 4) is 0 Å². The number of aryl methyl sites for hydroxylation is 1. The van der Waals surface area contributed by atoms with Gasteiger partial charge in [0.2, 0.25) is 0 Å². The normalized spacial score (nSPS) is 12.9. The molecule has 0 heterocycles. The molecular formula is C17H29NS. The quantitative estimate of drug-likeness (QED) is 0.681. The Morgan fingerprint density at radius 2 is 1.95 bits per heavy atom. The Morgan fingerprint density at radius 3 is 2.58 bits per heavy atom. The molecule has 0 spiro atoms. The average molecular weight is 279 g/mol. The predicted octanol–water partition coefficient (Wildman–Crippen LogP) is 4.88. The lowest BCUT2D eigenvalue weighted by Crippen LogP contribution is -2.19. The summed E-state index contributed by atoms with van der Waals surface area (Å²) in [4.78, 5) is 1.45. The van der Waals surface area contributed by atoms with Gasteiger partial charge >= 0.3 is 0 Å². The van der Waals surface area contributed by atoms with Gasteiger partial charge in [0.15, 0.2) is 0 Å². The van der Waals surface area contributed by atoms with Crippen molar-refractivity contribution in [2.24, 2.45) is 11.8 Å². The molecule has 0 saturated carbocycles. The summed E-state index contributed by atoms with van der Waals surface area (Å²) in [6, 6.07) is 6.84. The van der Waals surface area contributed by atoms with E-state index < -0.39 is 0 Å². The van der Waals surface area contributed by atoms with E-state index in [0.29, 0.717) is 5.92 Å². The lowest BCUT2D eigenvalue weighted by Gasteiger charge is -2.14. The lowest BCUT2D eigenvalue weighted by atomic mass is 10.1. The van der Waals surface area contributed by atoms with Crippen molar-refractivity contribution in [3.05, 3.63) is 29.3 Å². The molecule has 0 radical (unpaired) electrons. The number of hydrogen-bond donors (Lipinski definition) is 1. The third-order valence-corrected chi connectivity index (χ3v) is 4.75. The van der Waals surface area contributed by atoms with E-state index in [1.54, 1.807) is 0 Å². The van der Waals surface area contributed by atoms with E-state index in [1.807, 2.05) is 11.8 Å². The molecule has 0 aliphatic rings. The second kappa shape index (κ2) is 8.65. The number of benzene rings is 1. The van der Waals surface area contributed by atoms with Crippen molar-refractivity contribution < 1.29 is 0 Å². The van der Waals surface area contributed by atoms with Crippen molar-refractivity contribution in [2.75, 3.05) is 12.3 Å². The van der Waals surface area contributed by atoms with E-state index >= 15 is 0 Å².